The summed E-state index contributed by atoms with van der Waals surface area (Å²) in [7, 11) is -3.56. The number of sulfone groups is 1. The van der Waals surface area contributed by atoms with E-state index in [9.17, 15) is 13.2 Å². The minimum atomic E-state index is -3.56. The van der Waals surface area contributed by atoms with Crippen molar-refractivity contribution in [3.8, 4) is 5.69 Å². The number of rotatable bonds is 2. The summed E-state index contributed by atoms with van der Waals surface area (Å²) in [6.07, 6.45) is 0. The highest BCUT2D eigenvalue weighted by atomic mass is 35.5. The van der Waals surface area contributed by atoms with Crippen LogP contribution in [0.4, 0.5) is 5.82 Å². The molecule has 0 bridgehead atoms. The van der Waals surface area contributed by atoms with Gasteiger partial charge in [0, 0.05) is 0 Å². The van der Waals surface area contributed by atoms with Crippen molar-refractivity contribution >= 4 is 33.2 Å². The maximum atomic E-state index is 12.7. The van der Waals surface area contributed by atoms with Gasteiger partial charge >= 0.3 is 0 Å². The van der Waals surface area contributed by atoms with Crippen LogP contribution in [0.3, 0.4) is 0 Å². The first-order chi connectivity index (χ1) is 12.4. The second-order valence-electron chi connectivity index (χ2n) is 5.82. The predicted octanol–water partition coefficient (Wildman–Crippen LogP) is 2.77. The molecule has 9 heteroatoms. The number of imidazole rings is 1. The van der Waals surface area contributed by atoms with Gasteiger partial charge in [-0.05, 0) is 31.2 Å². The van der Waals surface area contributed by atoms with E-state index in [4.69, 9.17) is 11.6 Å². The van der Waals surface area contributed by atoms with Gasteiger partial charge in [-0.2, -0.15) is 0 Å². The third-order valence-corrected chi connectivity index (χ3v) is 5.96. The number of aryl methyl sites for hydroxylation is 1. The van der Waals surface area contributed by atoms with E-state index < -0.39 is 15.7 Å². The first kappa shape index (κ1) is 16.7. The van der Waals surface area contributed by atoms with Gasteiger partial charge < -0.3 is 5.32 Å². The molecule has 3 heterocycles. The number of pyridine rings is 1. The number of anilines is 1. The molecule has 1 aliphatic rings. The van der Waals surface area contributed by atoms with Crippen molar-refractivity contribution in [2.45, 2.75) is 17.6 Å². The maximum Gasteiger partial charge on any atom is 0.277 e. The SMILES string of the molecule is Cc1nc(C(=O)Nc2cccc(Cl)n2)c2n1-c1ccccc1S(=O)(=O)C2. The van der Waals surface area contributed by atoms with Gasteiger partial charge in [0.2, 0.25) is 0 Å². The quantitative estimate of drug-likeness (QED) is 0.681. The van der Waals surface area contributed by atoms with Gasteiger partial charge in [0.15, 0.2) is 15.5 Å². The summed E-state index contributed by atoms with van der Waals surface area (Å²) in [5, 5.41) is 2.85. The molecule has 4 rings (SSSR count). The largest absolute Gasteiger partial charge is 0.305 e. The summed E-state index contributed by atoms with van der Waals surface area (Å²) in [6.45, 7) is 1.73. The number of hydrogen-bond donors (Lipinski definition) is 1. The maximum absolute atomic E-state index is 12.7. The van der Waals surface area contributed by atoms with Crippen LogP contribution in [0.5, 0.6) is 0 Å². The molecular weight excluding hydrogens is 376 g/mol. The molecule has 7 nitrogen and oxygen atoms in total. The fourth-order valence-corrected chi connectivity index (χ4v) is 4.74. The molecule has 0 aliphatic carbocycles. The van der Waals surface area contributed by atoms with Crippen LogP contribution in [0.2, 0.25) is 5.15 Å². The molecule has 0 radical (unpaired) electrons. The zero-order valence-electron chi connectivity index (χ0n) is 13.6. The lowest BCUT2D eigenvalue weighted by Crippen LogP contribution is -2.22. The van der Waals surface area contributed by atoms with E-state index in [0.717, 1.165) is 0 Å². The first-order valence-corrected chi connectivity index (χ1v) is 9.74. The lowest BCUT2D eigenvalue weighted by atomic mass is 10.2. The monoisotopic (exact) mass is 388 g/mol. The van der Waals surface area contributed by atoms with Crippen LogP contribution in [0.1, 0.15) is 22.0 Å². The van der Waals surface area contributed by atoms with Crippen LogP contribution < -0.4 is 5.32 Å². The molecule has 0 fully saturated rings. The van der Waals surface area contributed by atoms with Crippen LogP contribution >= 0.6 is 11.6 Å². The molecule has 0 saturated carbocycles. The average molecular weight is 389 g/mol. The van der Waals surface area contributed by atoms with E-state index in [2.05, 4.69) is 15.3 Å². The molecule has 132 valence electrons. The highest BCUT2D eigenvalue weighted by Crippen LogP contribution is 2.33. The topological polar surface area (TPSA) is 93.9 Å². The van der Waals surface area contributed by atoms with Gasteiger partial charge in [0.25, 0.3) is 5.91 Å². The van der Waals surface area contributed by atoms with Gasteiger partial charge in [-0.25, -0.2) is 18.4 Å². The number of fused-ring (bicyclic) bond motifs is 3. The standard InChI is InChI=1S/C17H13ClN4O3S/c1-10-19-16(17(23)21-15-8-4-7-14(18)20-15)12-9-26(24,25)13-6-3-2-5-11(13)22(10)12/h2-8H,9H2,1H3,(H,20,21,23). The second kappa shape index (κ2) is 5.93. The Morgan fingerprint density at radius 2 is 1.92 bits per heavy atom. The minimum absolute atomic E-state index is 0.0577. The van der Waals surface area contributed by atoms with Gasteiger partial charge in [0.1, 0.15) is 16.8 Å². The number of halogens is 1. The summed E-state index contributed by atoms with van der Waals surface area (Å²) in [4.78, 5) is 21.2. The normalized spacial score (nSPS) is 14.4. The molecule has 1 N–H and O–H groups in total. The molecule has 26 heavy (non-hydrogen) atoms. The molecule has 3 aromatic rings. The Morgan fingerprint density at radius 3 is 2.69 bits per heavy atom. The van der Waals surface area contributed by atoms with Crippen molar-refractivity contribution in [2.75, 3.05) is 5.32 Å². The average Bonchev–Trinajstić information content (AvgIpc) is 2.91. The van der Waals surface area contributed by atoms with Crippen LogP contribution in [0.25, 0.3) is 5.69 Å². The highest BCUT2D eigenvalue weighted by molar-refractivity contribution is 7.90. The third kappa shape index (κ3) is 2.67. The Hall–Kier alpha value is -2.71. The Bertz CT molecular complexity index is 1150. The van der Waals surface area contributed by atoms with E-state index in [1.165, 1.54) is 0 Å². The van der Waals surface area contributed by atoms with Crippen molar-refractivity contribution in [3.63, 3.8) is 0 Å². The van der Waals surface area contributed by atoms with Gasteiger partial charge in [0.05, 0.1) is 22.0 Å². The molecule has 0 atom stereocenters. The number of hydrogen-bond acceptors (Lipinski definition) is 5. The van der Waals surface area contributed by atoms with E-state index in [1.54, 1.807) is 54.0 Å². The number of benzene rings is 1. The number of carbonyl (C=O) groups is 1. The Kier molecular flexibility index (Phi) is 3.82. The van der Waals surface area contributed by atoms with Crippen molar-refractivity contribution in [1.82, 2.24) is 14.5 Å². The van der Waals surface area contributed by atoms with Crippen molar-refractivity contribution in [1.29, 1.82) is 0 Å². The molecule has 1 amide bonds. The van der Waals surface area contributed by atoms with Gasteiger partial charge in [-0.3, -0.25) is 9.36 Å². The van der Waals surface area contributed by atoms with Gasteiger partial charge in [-0.1, -0.05) is 29.8 Å². The molecule has 1 aromatic carbocycles. The summed E-state index contributed by atoms with van der Waals surface area (Å²) >= 11 is 5.83. The third-order valence-electron chi connectivity index (χ3n) is 4.08. The fraction of sp³-hybridized carbons (Fsp3) is 0.118. The van der Waals surface area contributed by atoms with E-state index in [-0.39, 0.29) is 27.3 Å². The smallest absolute Gasteiger partial charge is 0.277 e. The van der Waals surface area contributed by atoms with E-state index in [0.29, 0.717) is 17.2 Å². The molecule has 2 aromatic heterocycles. The van der Waals surface area contributed by atoms with Crippen LogP contribution in [0.15, 0.2) is 47.4 Å². The lowest BCUT2D eigenvalue weighted by Gasteiger charge is -2.20. The number of aromatic nitrogens is 3. The summed E-state index contributed by atoms with van der Waals surface area (Å²) in [5.41, 5.74) is 0.891. The minimum Gasteiger partial charge on any atom is -0.305 e. The summed E-state index contributed by atoms with van der Waals surface area (Å²) in [5.74, 6) is -0.0324. The molecular formula is C17H13ClN4O3S. The van der Waals surface area contributed by atoms with E-state index in [1.807, 2.05) is 0 Å². The lowest BCUT2D eigenvalue weighted by molar-refractivity contribution is 0.102. The number of nitrogens with one attached hydrogen (secondary N) is 1. The van der Waals surface area contributed by atoms with Crippen molar-refractivity contribution in [3.05, 3.63) is 64.8 Å². The number of para-hydroxylation sites is 1. The number of nitrogens with zero attached hydrogens (tertiary/aromatic N) is 3. The van der Waals surface area contributed by atoms with Crippen LogP contribution in [0, 0.1) is 6.92 Å². The Morgan fingerprint density at radius 1 is 1.15 bits per heavy atom. The predicted molar refractivity (Wildman–Crippen MR) is 96.4 cm³/mol. The zero-order chi connectivity index (χ0) is 18.5. The number of amides is 1. The highest BCUT2D eigenvalue weighted by Gasteiger charge is 2.33. The van der Waals surface area contributed by atoms with E-state index >= 15 is 0 Å². The Balaban J connectivity index is 1.81. The van der Waals surface area contributed by atoms with Crippen LogP contribution in [-0.2, 0) is 15.6 Å². The van der Waals surface area contributed by atoms with Crippen LogP contribution in [-0.4, -0.2) is 28.9 Å². The van der Waals surface area contributed by atoms with Crippen molar-refractivity contribution < 1.29 is 13.2 Å². The fourth-order valence-electron chi connectivity index (χ4n) is 3.03. The number of carbonyl (C=O) groups excluding carboxylic acids is 1. The zero-order valence-corrected chi connectivity index (χ0v) is 15.2. The molecule has 0 unspecified atom stereocenters. The first-order valence-electron chi connectivity index (χ1n) is 7.71. The Labute approximate surface area is 154 Å². The van der Waals surface area contributed by atoms with Crippen molar-refractivity contribution in [2.24, 2.45) is 0 Å². The summed E-state index contributed by atoms with van der Waals surface area (Å²) < 4.78 is 26.9. The molecule has 0 spiro atoms. The molecule has 1 aliphatic heterocycles. The van der Waals surface area contributed by atoms with Gasteiger partial charge in [-0.15, -0.1) is 0 Å². The summed E-state index contributed by atoms with van der Waals surface area (Å²) in [6, 6.07) is 11.5. The second-order valence-corrected chi connectivity index (χ2v) is 8.16. The molecule has 0 saturated heterocycles.